The lowest BCUT2D eigenvalue weighted by atomic mass is 10.2. The lowest BCUT2D eigenvalue weighted by Gasteiger charge is -2.05. The van der Waals surface area contributed by atoms with Gasteiger partial charge in [-0.15, -0.1) is 12.6 Å². The first-order valence-electron chi connectivity index (χ1n) is 4.10. The van der Waals surface area contributed by atoms with Crippen LogP contribution in [0.4, 0.5) is 4.39 Å². The summed E-state index contributed by atoms with van der Waals surface area (Å²) in [5, 5.41) is 2.71. The highest BCUT2D eigenvalue weighted by atomic mass is 35.5. The van der Waals surface area contributed by atoms with Crippen LogP contribution in [0.5, 0.6) is 0 Å². The molecule has 0 fully saturated rings. The van der Waals surface area contributed by atoms with Gasteiger partial charge in [-0.05, 0) is 18.2 Å². The minimum Gasteiger partial charge on any atom is -0.347 e. The summed E-state index contributed by atoms with van der Waals surface area (Å²) in [6.07, 6.45) is 0. The summed E-state index contributed by atoms with van der Waals surface area (Å²) in [4.78, 5) is 12.0. The SMILES string of the molecule is C=C(Cl)CNC(=O)c1cc(S)ccc1F. The van der Waals surface area contributed by atoms with Crippen molar-refractivity contribution in [1.82, 2.24) is 5.32 Å². The quantitative estimate of drug-likeness (QED) is 0.788. The molecule has 1 aromatic carbocycles. The zero-order valence-corrected chi connectivity index (χ0v) is 9.41. The number of benzene rings is 1. The third-order valence-electron chi connectivity index (χ3n) is 1.64. The topological polar surface area (TPSA) is 29.1 Å². The van der Waals surface area contributed by atoms with E-state index in [2.05, 4.69) is 24.5 Å². The van der Waals surface area contributed by atoms with Crippen molar-refractivity contribution in [2.45, 2.75) is 4.90 Å². The van der Waals surface area contributed by atoms with Gasteiger partial charge in [0.2, 0.25) is 0 Å². The second-order valence-electron chi connectivity index (χ2n) is 2.86. The maximum absolute atomic E-state index is 13.2. The van der Waals surface area contributed by atoms with Crippen molar-refractivity contribution in [3.05, 3.63) is 41.2 Å². The summed E-state index contributed by atoms with van der Waals surface area (Å²) in [7, 11) is 0. The second kappa shape index (κ2) is 5.19. The first-order chi connectivity index (χ1) is 7.00. The molecule has 0 atom stereocenters. The highest BCUT2D eigenvalue weighted by Gasteiger charge is 2.11. The van der Waals surface area contributed by atoms with Crippen LogP contribution in [-0.4, -0.2) is 12.5 Å². The van der Waals surface area contributed by atoms with E-state index < -0.39 is 11.7 Å². The summed E-state index contributed by atoms with van der Waals surface area (Å²) >= 11 is 9.48. The second-order valence-corrected chi connectivity index (χ2v) is 3.92. The molecule has 1 aromatic rings. The van der Waals surface area contributed by atoms with Crippen LogP contribution < -0.4 is 5.32 Å². The van der Waals surface area contributed by atoms with Gasteiger partial charge in [0.1, 0.15) is 5.82 Å². The molecule has 1 rings (SSSR count). The molecular weight excluding hydrogens is 237 g/mol. The van der Waals surface area contributed by atoms with Gasteiger partial charge in [0.05, 0.1) is 12.1 Å². The van der Waals surface area contributed by atoms with Crippen molar-refractivity contribution >= 4 is 30.1 Å². The molecule has 0 spiro atoms. The summed E-state index contributed by atoms with van der Waals surface area (Å²) in [5.41, 5.74) is -0.0552. The zero-order valence-electron chi connectivity index (χ0n) is 7.76. The molecule has 15 heavy (non-hydrogen) atoms. The first kappa shape index (κ1) is 12.1. The van der Waals surface area contributed by atoms with E-state index in [1.54, 1.807) is 0 Å². The lowest BCUT2D eigenvalue weighted by molar-refractivity contribution is 0.0953. The molecule has 0 aliphatic heterocycles. The predicted octanol–water partition coefficient (Wildman–Crippen LogP) is 2.60. The van der Waals surface area contributed by atoms with Crippen molar-refractivity contribution in [3.63, 3.8) is 0 Å². The van der Waals surface area contributed by atoms with Crippen molar-refractivity contribution in [2.75, 3.05) is 6.54 Å². The van der Waals surface area contributed by atoms with Gasteiger partial charge in [0.25, 0.3) is 5.91 Å². The molecule has 1 N–H and O–H groups in total. The Hall–Kier alpha value is -1.00. The van der Waals surface area contributed by atoms with Crippen LogP contribution >= 0.6 is 24.2 Å². The van der Waals surface area contributed by atoms with E-state index in [1.165, 1.54) is 18.2 Å². The Morgan fingerprint density at radius 2 is 2.27 bits per heavy atom. The molecule has 0 saturated carbocycles. The average molecular weight is 246 g/mol. The number of halogens is 2. The minimum atomic E-state index is -0.592. The highest BCUT2D eigenvalue weighted by Crippen LogP contribution is 2.13. The van der Waals surface area contributed by atoms with Gasteiger partial charge in [0.15, 0.2) is 0 Å². The van der Waals surface area contributed by atoms with E-state index in [4.69, 9.17) is 11.6 Å². The van der Waals surface area contributed by atoms with Gasteiger partial charge in [-0.25, -0.2) is 4.39 Å². The van der Waals surface area contributed by atoms with E-state index in [0.717, 1.165) is 0 Å². The van der Waals surface area contributed by atoms with Gasteiger partial charge in [-0.3, -0.25) is 4.79 Å². The molecule has 2 nitrogen and oxygen atoms in total. The number of thiol groups is 1. The van der Waals surface area contributed by atoms with E-state index >= 15 is 0 Å². The summed E-state index contributed by atoms with van der Waals surface area (Å²) in [5.74, 6) is -1.13. The highest BCUT2D eigenvalue weighted by molar-refractivity contribution is 7.80. The molecule has 0 radical (unpaired) electrons. The van der Waals surface area contributed by atoms with Gasteiger partial charge in [0, 0.05) is 9.93 Å². The monoisotopic (exact) mass is 245 g/mol. The fraction of sp³-hybridized carbons (Fsp3) is 0.100. The standard InChI is InChI=1S/C10H9ClFNOS/c1-6(11)5-13-10(14)8-4-7(15)2-3-9(8)12/h2-4,15H,1,5H2,(H,13,14). The van der Waals surface area contributed by atoms with E-state index in [9.17, 15) is 9.18 Å². The Bertz CT molecular complexity index is 408. The molecule has 0 aromatic heterocycles. The van der Waals surface area contributed by atoms with Crippen molar-refractivity contribution < 1.29 is 9.18 Å². The maximum atomic E-state index is 13.2. The fourth-order valence-electron chi connectivity index (χ4n) is 0.959. The Morgan fingerprint density at radius 3 is 2.87 bits per heavy atom. The molecule has 0 unspecified atom stereocenters. The molecule has 0 aliphatic carbocycles. The number of carbonyl (C=O) groups is 1. The minimum absolute atomic E-state index is 0.0552. The van der Waals surface area contributed by atoms with Crippen LogP contribution in [0.3, 0.4) is 0 Å². The Labute approximate surface area is 97.5 Å². The van der Waals surface area contributed by atoms with Gasteiger partial charge in [-0.2, -0.15) is 0 Å². The predicted molar refractivity (Wildman–Crippen MR) is 61.0 cm³/mol. The Balaban J connectivity index is 2.81. The van der Waals surface area contributed by atoms with Gasteiger partial charge < -0.3 is 5.32 Å². The first-order valence-corrected chi connectivity index (χ1v) is 4.93. The molecule has 0 heterocycles. The van der Waals surface area contributed by atoms with Gasteiger partial charge >= 0.3 is 0 Å². The summed E-state index contributed by atoms with van der Waals surface area (Å²) < 4.78 is 13.2. The largest absolute Gasteiger partial charge is 0.347 e. The van der Waals surface area contributed by atoms with Crippen LogP contribution in [0.2, 0.25) is 0 Å². The lowest BCUT2D eigenvalue weighted by Crippen LogP contribution is -2.25. The molecule has 1 amide bonds. The molecular formula is C10H9ClFNOS. The van der Waals surface area contributed by atoms with Crippen molar-refractivity contribution in [3.8, 4) is 0 Å². The summed E-state index contributed by atoms with van der Waals surface area (Å²) in [6.45, 7) is 3.51. The number of hydrogen-bond acceptors (Lipinski definition) is 2. The fourth-order valence-corrected chi connectivity index (χ4v) is 1.23. The Kier molecular flexibility index (Phi) is 4.17. The van der Waals surface area contributed by atoms with Crippen LogP contribution in [-0.2, 0) is 0 Å². The van der Waals surface area contributed by atoms with Gasteiger partial charge in [-0.1, -0.05) is 18.2 Å². The molecule has 0 aliphatic rings. The third-order valence-corrected chi connectivity index (χ3v) is 2.05. The number of nitrogens with one attached hydrogen (secondary N) is 1. The number of carbonyl (C=O) groups excluding carboxylic acids is 1. The zero-order chi connectivity index (χ0) is 11.4. The van der Waals surface area contributed by atoms with E-state index in [0.29, 0.717) is 4.90 Å². The normalized spacial score (nSPS) is 9.80. The molecule has 80 valence electrons. The smallest absolute Gasteiger partial charge is 0.254 e. The third kappa shape index (κ3) is 3.57. The van der Waals surface area contributed by atoms with Crippen LogP contribution in [0.25, 0.3) is 0 Å². The van der Waals surface area contributed by atoms with E-state index in [-0.39, 0.29) is 17.1 Å². The van der Waals surface area contributed by atoms with Crippen molar-refractivity contribution in [1.29, 1.82) is 0 Å². The van der Waals surface area contributed by atoms with E-state index in [1.807, 2.05) is 0 Å². The Morgan fingerprint density at radius 1 is 1.60 bits per heavy atom. The maximum Gasteiger partial charge on any atom is 0.254 e. The number of hydrogen-bond donors (Lipinski definition) is 2. The van der Waals surface area contributed by atoms with Crippen LogP contribution in [0.1, 0.15) is 10.4 Å². The number of rotatable bonds is 3. The molecule has 0 saturated heterocycles. The van der Waals surface area contributed by atoms with Crippen LogP contribution in [0, 0.1) is 5.82 Å². The van der Waals surface area contributed by atoms with Crippen LogP contribution in [0.15, 0.2) is 34.7 Å². The molecule has 5 heteroatoms. The number of amides is 1. The summed E-state index contributed by atoms with van der Waals surface area (Å²) in [6, 6.07) is 4.01. The average Bonchev–Trinajstić information content (AvgIpc) is 2.18. The molecule has 0 bridgehead atoms. The van der Waals surface area contributed by atoms with Crippen molar-refractivity contribution in [2.24, 2.45) is 0 Å².